The Kier molecular flexibility index (Phi) is 7.19. The number of carboxylic acid groups (broad SMARTS) is 2. The summed E-state index contributed by atoms with van der Waals surface area (Å²) in [7, 11) is -4.10. The number of carboxylic acids is 2. The van der Waals surface area contributed by atoms with Gasteiger partial charge in [-0.05, 0) is 24.3 Å². The van der Waals surface area contributed by atoms with Crippen molar-refractivity contribution in [1.82, 2.24) is 4.72 Å². The molecule has 1 amide bonds. The average molecular weight is 376 g/mol. The van der Waals surface area contributed by atoms with Crippen molar-refractivity contribution in [2.75, 3.05) is 16.8 Å². The number of rotatable bonds is 9. The number of benzene rings is 1. The average Bonchev–Trinajstić information content (AvgIpc) is 2.45. The number of anilines is 1. The number of aliphatic carboxylic acids is 2. The molecular weight excluding hydrogens is 360 g/mol. The van der Waals surface area contributed by atoms with Gasteiger partial charge in [0.25, 0.3) is 0 Å². The number of thioether (sulfide) groups is 1. The second kappa shape index (κ2) is 8.66. The molecule has 0 spiro atoms. The van der Waals surface area contributed by atoms with Crippen LogP contribution in [-0.2, 0) is 24.4 Å². The van der Waals surface area contributed by atoms with Gasteiger partial charge < -0.3 is 15.5 Å². The molecular formula is C13H16N2O7S2. The molecule has 0 heterocycles. The number of hydrogen-bond acceptors (Lipinski definition) is 6. The number of carbonyl (C=O) groups is 3. The maximum absolute atomic E-state index is 12.2. The van der Waals surface area contributed by atoms with Crippen molar-refractivity contribution < 1.29 is 33.0 Å². The molecule has 1 atom stereocenters. The molecule has 0 saturated carbocycles. The smallest absolute Gasteiger partial charge is 0.322 e. The molecule has 1 unspecified atom stereocenters. The second-order valence-electron chi connectivity index (χ2n) is 4.63. The van der Waals surface area contributed by atoms with E-state index < -0.39 is 28.0 Å². The highest BCUT2D eigenvalue weighted by atomic mass is 32.2. The molecule has 11 heteroatoms. The van der Waals surface area contributed by atoms with E-state index in [-0.39, 0.29) is 22.3 Å². The molecule has 0 aromatic heterocycles. The summed E-state index contributed by atoms with van der Waals surface area (Å²) in [4.78, 5) is 32.3. The standard InChI is InChI=1S/C13H16N2O7S2/c1-8(16)14-9-2-4-10(5-3-9)24(21,22)15-11(13(19)20)6-23-7-12(17)18/h2-5,11,15H,6-7H2,1H3,(H,14,16)(H,17,18)(H,19,20). The van der Waals surface area contributed by atoms with Crippen molar-refractivity contribution in [3.05, 3.63) is 24.3 Å². The monoisotopic (exact) mass is 376 g/mol. The van der Waals surface area contributed by atoms with E-state index in [1.54, 1.807) is 0 Å². The minimum Gasteiger partial charge on any atom is -0.481 e. The first-order chi connectivity index (χ1) is 11.1. The molecule has 9 nitrogen and oxygen atoms in total. The van der Waals surface area contributed by atoms with Crippen LogP contribution in [0.5, 0.6) is 0 Å². The lowest BCUT2D eigenvalue weighted by molar-refractivity contribution is -0.138. The van der Waals surface area contributed by atoms with Gasteiger partial charge in [0.2, 0.25) is 15.9 Å². The molecule has 0 aliphatic heterocycles. The lowest BCUT2D eigenvalue weighted by Crippen LogP contribution is -2.42. The zero-order valence-corrected chi connectivity index (χ0v) is 14.2. The van der Waals surface area contributed by atoms with E-state index in [4.69, 9.17) is 10.2 Å². The first kappa shape index (κ1) is 19.9. The van der Waals surface area contributed by atoms with E-state index in [9.17, 15) is 22.8 Å². The summed E-state index contributed by atoms with van der Waals surface area (Å²) in [6, 6.07) is 3.71. The summed E-state index contributed by atoms with van der Waals surface area (Å²) < 4.78 is 26.4. The topological polar surface area (TPSA) is 150 Å². The van der Waals surface area contributed by atoms with Crippen molar-refractivity contribution >= 4 is 45.3 Å². The van der Waals surface area contributed by atoms with Gasteiger partial charge in [0, 0.05) is 18.4 Å². The molecule has 0 bridgehead atoms. The Morgan fingerprint density at radius 2 is 1.75 bits per heavy atom. The van der Waals surface area contributed by atoms with Gasteiger partial charge in [-0.25, -0.2) is 8.42 Å². The van der Waals surface area contributed by atoms with Crippen LogP contribution in [0.3, 0.4) is 0 Å². The first-order valence-corrected chi connectivity index (χ1v) is 9.18. The van der Waals surface area contributed by atoms with Crippen LogP contribution < -0.4 is 10.0 Å². The fourth-order valence-corrected chi connectivity index (χ4v) is 3.64. The van der Waals surface area contributed by atoms with Crippen LogP contribution >= 0.6 is 11.8 Å². The van der Waals surface area contributed by atoms with E-state index in [0.717, 1.165) is 11.8 Å². The summed E-state index contributed by atoms with van der Waals surface area (Å²) in [6.45, 7) is 1.30. The van der Waals surface area contributed by atoms with E-state index >= 15 is 0 Å². The Hall–Kier alpha value is -2.11. The predicted octanol–water partition coefficient (Wildman–Crippen LogP) is 0.194. The largest absolute Gasteiger partial charge is 0.481 e. The number of hydrogen-bond donors (Lipinski definition) is 4. The van der Waals surface area contributed by atoms with Crippen LogP contribution in [0.1, 0.15) is 6.92 Å². The van der Waals surface area contributed by atoms with Crippen molar-refractivity contribution in [2.45, 2.75) is 17.9 Å². The summed E-state index contributed by atoms with van der Waals surface area (Å²) in [5, 5.41) is 20.1. The van der Waals surface area contributed by atoms with Crippen LogP contribution in [0.4, 0.5) is 5.69 Å². The quantitative estimate of drug-likeness (QED) is 0.477. The van der Waals surface area contributed by atoms with Crippen LogP contribution in [0.25, 0.3) is 0 Å². The fourth-order valence-electron chi connectivity index (χ4n) is 1.60. The van der Waals surface area contributed by atoms with Crippen LogP contribution in [0, 0.1) is 0 Å². The summed E-state index contributed by atoms with van der Waals surface area (Å²) in [6.07, 6.45) is 0. The Labute approximate surface area is 142 Å². The van der Waals surface area contributed by atoms with E-state index in [2.05, 4.69) is 5.32 Å². The summed E-state index contributed by atoms with van der Waals surface area (Å²) in [5.74, 6) is -3.42. The molecule has 0 aliphatic carbocycles. The molecule has 1 aromatic carbocycles. The van der Waals surface area contributed by atoms with Crippen LogP contribution in [-0.4, -0.2) is 54.0 Å². The maximum Gasteiger partial charge on any atom is 0.322 e. The molecule has 4 N–H and O–H groups in total. The van der Waals surface area contributed by atoms with Crippen molar-refractivity contribution in [2.24, 2.45) is 0 Å². The third kappa shape index (κ3) is 6.56. The Morgan fingerprint density at radius 1 is 1.17 bits per heavy atom. The van der Waals surface area contributed by atoms with E-state index in [1.165, 1.54) is 31.2 Å². The zero-order chi connectivity index (χ0) is 18.3. The molecule has 0 fully saturated rings. The Morgan fingerprint density at radius 3 is 2.21 bits per heavy atom. The van der Waals surface area contributed by atoms with Gasteiger partial charge in [-0.3, -0.25) is 14.4 Å². The molecule has 1 aromatic rings. The number of nitrogens with one attached hydrogen (secondary N) is 2. The van der Waals surface area contributed by atoms with Crippen molar-refractivity contribution in [3.8, 4) is 0 Å². The van der Waals surface area contributed by atoms with Crippen LogP contribution in [0.15, 0.2) is 29.2 Å². The molecule has 24 heavy (non-hydrogen) atoms. The molecule has 1 rings (SSSR count). The fraction of sp³-hybridized carbons (Fsp3) is 0.308. The second-order valence-corrected chi connectivity index (χ2v) is 7.37. The van der Waals surface area contributed by atoms with Gasteiger partial charge in [0.15, 0.2) is 0 Å². The van der Waals surface area contributed by atoms with Crippen molar-refractivity contribution in [3.63, 3.8) is 0 Å². The normalized spacial score (nSPS) is 12.4. The first-order valence-electron chi connectivity index (χ1n) is 6.54. The number of carbonyl (C=O) groups excluding carboxylic acids is 1. The SMILES string of the molecule is CC(=O)Nc1ccc(S(=O)(=O)NC(CSCC(=O)O)C(=O)O)cc1. The highest BCUT2D eigenvalue weighted by Crippen LogP contribution is 2.15. The zero-order valence-electron chi connectivity index (χ0n) is 12.6. The Bertz CT molecular complexity index is 716. The van der Waals surface area contributed by atoms with E-state index in [0.29, 0.717) is 5.69 Å². The van der Waals surface area contributed by atoms with Gasteiger partial charge in [-0.1, -0.05) is 0 Å². The maximum atomic E-state index is 12.2. The van der Waals surface area contributed by atoms with E-state index in [1.807, 2.05) is 4.72 Å². The third-order valence-electron chi connectivity index (χ3n) is 2.59. The molecule has 132 valence electrons. The molecule has 0 saturated heterocycles. The number of amides is 1. The molecule has 0 aliphatic rings. The summed E-state index contributed by atoms with van der Waals surface area (Å²) in [5.41, 5.74) is 0.397. The minimum absolute atomic E-state index is 0.175. The third-order valence-corrected chi connectivity index (χ3v) is 5.10. The van der Waals surface area contributed by atoms with Gasteiger partial charge in [-0.15, -0.1) is 11.8 Å². The lowest BCUT2D eigenvalue weighted by Gasteiger charge is -2.14. The van der Waals surface area contributed by atoms with Crippen LogP contribution in [0.2, 0.25) is 0 Å². The highest BCUT2D eigenvalue weighted by molar-refractivity contribution is 8.00. The van der Waals surface area contributed by atoms with Crippen molar-refractivity contribution in [1.29, 1.82) is 0 Å². The van der Waals surface area contributed by atoms with Gasteiger partial charge in [0.05, 0.1) is 10.6 Å². The molecule has 0 radical (unpaired) electrons. The number of sulfonamides is 1. The van der Waals surface area contributed by atoms with Gasteiger partial charge in [0.1, 0.15) is 6.04 Å². The minimum atomic E-state index is -4.10. The summed E-state index contributed by atoms with van der Waals surface area (Å²) >= 11 is 0.788. The lowest BCUT2D eigenvalue weighted by atomic mass is 10.3. The predicted molar refractivity (Wildman–Crippen MR) is 87.5 cm³/mol. The van der Waals surface area contributed by atoms with Gasteiger partial charge >= 0.3 is 11.9 Å². The Balaban J connectivity index is 2.83. The van der Waals surface area contributed by atoms with Gasteiger partial charge in [-0.2, -0.15) is 4.72 Å². The highest BCUT2D eigenvalue weighted by Gasteiger charge is 2.25.